The molecule has 0 aliphatic rings. The Morgan fingerprint density at radius 3 is 2.25 bits per heavy atom. The van der Waals surface area contributed by atoms with E-state index in [2.05, 4.69) is 20.6 Å². The van der Waals surface area contributed by atoms with Crippen molar-refractivity contribution in [1.29, 1.82) is 0 Å². The molecule has 3 rings (SSSR count). The van der Waals surface area contributed by atoms with E-state index in [1.807, 2.05) is 30.3 Å². The number of rotatable bonds is 4. The zero-order chi connectivity index (χ0) is 16.8. The van der Waals surface area contributed by atoms with E-state index in [9.17, 15) is 4.79 Å². The van der Waals surface area contributed by atoms with Crippen LogP contribution < -0.4 is 21.1 Å². The average molecular weight is 321 g/mol. The molecule has 0 radical (unpaired) electrons. The molecule has 0 spiro atoms. The van der Waals surface area contributed by atoms with Crippen LogP contribution in [-0.2, 0) is 0 Å². The predicted octanol–water partition coefficient (Wildman–Crippen LogP) is 3.50. The first-order chi connectivity index (χ1) is 11.7. The van der Waals surface area contributed by atoms with E-state index in [0.717, 1.165) is 5.69 Å². The molecule has 3 aromatic rings. The molecule has 0 unspecified atom stereocenters. The summed E-state index contributed by atoms with van der Waals surface area (Å²) in [6.07, 6.45) is 1.33. The van der Waals surface area contributed by atoms with Gasteiger partial charge in [-0.15, -0.1) is 0 Å². The number of urea groups is 1. The molecule has 1 heterocycles. The van der Waals surface area contributed by atoms with Crippen molar-refractivity contribution in [2.75, 3.05) is 16.4 Å². The number of benzene rings is 2. The summed E-state index contributed by atoms with van der Waals surface area (Å²) >= 11 is 0. The van der Waals surface area contributed by atoms with Gasteiger partial charge in [0.05, 0.1) is 0 Å². The standard InChI is InChI=1S/C17H15N5O2/c18-15-10-16(20-11-19-15)24-14-8-6-13(7-9-14)22-17(23)21-12-4-2-1-3-5-12/h1-11H,(H2,18,19,20)(H2,21,22,23). The summed E-state index contributed by atoms with van der Waals surface area (Å²) in [5.41, 5.74) is 6.92. The number of anilines is 3. The molecule has 0 aliphatic heterocycles. The van der Waals surface area contributed by atoms with Gasteiger partial charge in [-0.25, -0.2) is 14.8 Å². The summed E-state index contributed by atoms with van der Waals surface area (Å²) in [5.74, 6) is 1.25. The number of amides is 2. The lowest BCUT2D eigenvalue weighted by atomic mass is 10.3. The molecule has 120 valence electrons. The Kier molecular flexibility index (Phi) is 4.52. The van der Waals surface area contributed by atoms with Crippen molar-refractivity contribution < 1.29 is 9.53 Å². The number of nitrogens with one attached hydrogen (secondary N) is 2. The van der Waals surface area contributed by atoms with Gasteiger partial charge >= 0.3 is 6.03 Å². The fourth-order valence-electron chi connectivity index (χ4n) is 1.95. The molecule has 0 bridgehead atoms. The summed E-state index contributed by atoms with van der Waals surface area (Å²) in [7, 11) is 0. The number of hydrogen-bond acceptors (Lipinski definition) is 5. The highest BCUT2D eigenvalue weighted by molar-refractivity contribution is 5.99. The van der Waals surface area contributed by atoms with Crippen LogP contribution >= 0.6 is 0 Å². The van der Waals surface area contributed by atoms with Crippen molar-refractivity contribution in [1.82, 2.24) is 9.97 Å². The van der Waals surface area contributed by atoms with Crippen molar-refractivity contribution in [2.45, 2.75) is 0 Å². The molecule has 2 aromatic carbocycles. The topological polar surface area (TPSA) is 102 Å². The van der Waals surface area contributed by atoms with E-state index in [0.29, 0.717) is 23.1 Å². The monoisotopic (exact) mass is 321 g/mol. The molecular formula is C17H15N5O2. The molecule has 0 fully saturated rings. The van der Waals surface area contributed by atoms with Crippen molar-refractivity contribution in [2.24, 2.45) is 0 Å². The fraction of sp³-hybridized carbons (Fsp3) is 0. The van der Waals surface area contributed by atoms with Gasteiger partial charge in [-0.2, -0.15) is 0 Å². The number of aromatic nitrogens is 2. The van der Waals surface area contributed by atoms with Gasteiger partial charge in [0.15, 0.2) is 0 Å². The Bertz CT molecular complexity index is 822. The van der Waals surface area contributed by atoms with E-state index in [4.69, 9.17) is 10.5 Å². The van der Waals surface area contributed by atoms with Crippen LogP contribution in [0.3, 0.4) is 0 Å². The van der Waals surface area contributed by atoms with Crippen molar-refractivity contribution in [3.63, 3.8) is 0 Å². The van der Waals surface area contributed by atoms with Gasteiger partial charge in [-0.3, -0.25) is 0 Å². The number of nitrogens with two attached hydrogens (primary N) is 1. The van der Waals surface area contributed by atoms with Crippen molar-refractivity contribution in [3.05, 3.63) is 67.0 Å². The van der Waals surface area contributed by atoms with Crippen molar-refractivity contribution in [3.8, 4) is 11.6 Å². The van der Waals surface area contributed by atoms with Crippen LogP contribution in [0.25, 0.3) is 0 Å². The summed E-state index contributed by atoms with van der Waals surface area (Å²) in [6.45, 7) is 0. The zero-order valence-corrected chi connectivity index (χ0v) is 12.6. The first kappa shape index (κ1) is 15.3. The molecule has 7 nitrogen and oxygen atoms in total. The van der Waals surface area contributed by atoms with Crippen LogP contribution in [0.2, 0.25) is 0 Å². The second-order valence-electron chi connectivity index (χ2n) is 4.85. The lowest BCUT2D eigenvalue weighted by Gasteiger charge is -2.09. The lowest BCUT2D eigenvalue weighted by molar-refractivity contribution is 0.262. The number of nitrogen functional groups attached to an aromatic ring is 1. The highest BCUT2D eigenvalue weighted by atomic mass is 16.5. The molecule has 0 aliphatic carbocycles. The summed E-state index contributed by atoms with van der Waals surface area (Å²) < 4.78 is 5.56. The summed E-state index contributed by atoms with van der Waals surface area (Å²) in [6, 6.07) is 17.3. The maximum atomic E-state index is 11.9. The number of carbonyl (C=O) groups excluding carboxylic acids is 1. The largest absolute Gasteiger partial charge is 0.439 e. The van der Waals surface area contributed by atoms with E-state index in [-0.39, 0.29) is 6.03 Å². The molecule has 0 atom stereocenters. The predicted molar refractivity (Wildman–Crippen MR) is 92.0 cm³/mol. The average Bonchev–Trinajstić information content (AvgIpc) is 2.57. The fourth-order valence-corrected chi connectivity index (χ4v) is 1.95. The van der Waals surface area contributed by atoms with E-state index in [1.54, 1.807) is 24.3 Å². The second kappa shape index (κ2) is 7.10. The number of para-hydroxylation sites is 1. The quantitative estimate of drug-likeness (QED) is 0.682. The highest BCUT2D eigenvalue weighted by Gasteiger charge is 2.04. The van der Waals surface area contributed by atoms with E-state index in [1.165, 1.54) is 12.4 Å². The first-order valence-electron chi connectivity index (χ1n) is 7.17. The summed E-state index contributed by atoms with van der Waals surface area (Å²) in [4.78, 5) is 19.7. The van der Waals surface area contributed by atoms with E-state index < -0.39 is 0 Å². The molecule has 24 heavy (non-hydrogen) atoms. The second-order valence-corrected chi connectivity index (χ2v) is 4.85. The van der Waals surface area contributed by atoms with Gasteiger partial charge < -0.3 is 21.1 Å². The number of nitrogens with zero attached hydrogens (tertiary/aromatic N) is 2. The first-order valence-corrected chi connectivity index (χ1v) is 7.17. The number of ether oxygens (including phenoxy) is 1. The van der Waals surface area contributed by atoms with Gasteiger partial charge in [0.1, 0.15) is 17.9 Å². The third kappa shape index (κ3) is 4.20. The number of carbonyl (C=O) groups is 1. The Morgan fingerprint density at radius 2 is 1.58 bits per heavy atom. The maximum absolute atomic E-state index is 11.9. The van der Waals surface area contributed by atoms with Crippen LogP contribution in [0.4, 0.5) is 22.0 Å². The van der Waals surface area contributed by atoms with Crippen LogP contribution in [0, 0.1) is 0 Å². The minimum absolute atomic E-state index is 0.321. The smallest absolute Gasteiger partial charge is 0.323 e. The van der Waals surface area contributed by atoms with Crippen molar-refractivity contribution >= 4 is 23.2 Å². The molecule has 4 N–H and O–H groups in total. The maximum Gasteiger partial charge on any atom is 0.323 e. The van der Waals surface area contributed by atoms with Gasteiger partial charge in [-0.05, 0) is 36.4 Å². The van der Waals surface area contributed by atoms with E-state index >= 15 is 0 Å². The third-order valence-electron chi connectivity index (χ3n) is 3.03. The van der Waals surface area contributed by atoms with Crippen LogP contribution in [-0.4, -0.2) is 16.0 Å². The Balaban J connectivity index is 1.59. The molecule has 7 heteroatoms. The molecule has 2 amide bonds. The summed E-state index contributed by atoms with van der Waals surface area (Å²) in [5, 5.41) is 5.48. The molecule has 0 saturated carbocycles. The molecule has 1 aromatic heterocycles. The molecular weight excluding hydrogens is 306 g/mol. The Morgan fingerprint density at radius 1 is 0.917 bits per heavy atom. The van der Waals surface area contributed by atoms with Gasteiger partial charge in [0.2, 0.25) is 5.88 Å². The highest BCUT2D eigenvalue weighted by Crippen LogP contribution is 2.22. The SMILES string of the molecule is Nc1cc(Oc2ccc(NC(=O)Nc3ccccc3)cc2)ncn1. The lowest BCUT2D eigenvalue weighted by Crippen LogP contribution is -2.19. The molecule has 0 saturated heterocycles. The minimum Gasteiger partial charge on any atom is -0.439 e. The third-order valence-corrected chi connectivity index (χ3v) is 3.03. The van der Waals surface area contributed by atoms with Crippen LogP contribution in [0.1, 0.15) is 0 Å². The Labute approximate surface area is 138 Å². The zero-order valence-electron chi connectivity index (χ0n) is 12.6. The normalized spacial score (nSPS) is 10.0. The van der Waals surface area contributed by atoms with Gasteiger partial charge in [0.25, 0.3) is 0 Å². The van der Waals surface area contributed by atoms with Gasteiger partial charge in [0, 0.05) is 17.4 Å². The van der Waals surface area contributed by atoms with Gasteiger partial charge in [-0.1, -0.05) is 18.2 Å². The number of hydrogen-bond donors (Lipinski definition) is 3. The van der Waals surface area contributed by atoms with Crippen LogP contribution in [0.5, 0.6) is 11.6 Å². The minimum atomic E-state index is -0.321. The Hall–Kier alpha value is -3.61. The van der Waals surface area contributed by atoms with Crippen LogP contribution in [0.15, 0.2) is 67.0 Å².